The third-order valence-corrected chi connectivity index (χ3v) is 3.45. The quantitative estimate of drug-likeness (QED) is 0.799. The Morgan fingerprint density at radius 3 is 3.00 bits per heavy atom. The number of rotatable bonds is 4. The molecule has 0 unspecified atom stereocenters. The molecule has 0 aromatic heterocycles. The van der Waals surface area contributed by atoms with Crippen molar-refractivity contribution in [3.05, 3.63) is 34.9 Å². The Bertz CT molecular complexity index is 417. The van der Waals surface area contributed by atoms with Crippen molar-refractivity contribution in [3.8, 4) is 0 Å². The molecule has 2 rings (SSSR count). The Labute approximate surface area is 101 Å². The lowest BCUT2D eigenvalue weighted by Crippen LogP contribution is -2.35. The molecule has 1 heterocycles. The lowest BCUT2D eigenvalue weighted by Gasteiger charge is -2.26. The minimum Gasteiger partial charge on any atom is -0.351 e. The summed E-state index contributed by atoms with van der Waals surface area (Å²) in [6.07, 6.45) is 2.05. The summed E-state index contributed by atoms with van der Waals surface area (Å²) in [5.41, 5.74) is 3.59. The van der Waals surface area contributed by atoms with Crippen molar-refractivity contribution in [2.75, 3.05) is 6.67 Å². The second-order valence-corrected chi connectivity index (χ2v) is 4.60. The number of benzene rings is 1. The molecule has 1 aliphatic rings. The van der Waals surface area contributed by atoms with Gasteiger partial charge in [-0.05, 0) is 42.9 Å². The predicted molar refractivity (Wildman–Crippen MR) is 65.6 cm³/mol. The van der Waals surface area contributed by atoms with Gasteiger partial charge in [0.15, 0.2) is 0 Å². The number of hydrogen-bond acceptors (Lipinski definition) is 1. The van der Waals surface area contributed by atoms with E-state index in [2.05, 4.69) is 18.3 Å². The molecule has 0 spiro atoms. The van der Waals surface area contributed by atoms with Gasteiger partial charge < -0.3 is 5.32 Å². The molecule has 1 atom stereocenters. The predicted octanol–water partition coefficient (Wildman–Crippen LogP) is 2.85. The number of unbranched alkanes of at least 4 members (excludes halogenated alkanes) is 1. The number of fused-ring (bicyclic) bond motifs is 1. The van der Waals surface area contributed by atoms with Gasteiger partial charge in [0, 0.05) is 6.54 Å². The van der Waals surface area contributed by atoms with Gasteiger partial charge in [0.2, 0.25) is 5.91 Å². The number of alkyl halides is 1. The highest BCUT2D eigenvalue weighted by molar-refractivity contribution is 5.85. The largest absolute Gasteiger partial charge is 0.351 e. The van der Waals surface area contributed by atoms with E-state index in [9.17, 15) is 9.18 Å². The van der Waals surface area contributed by atoms with Crippen LogP contribution in [0.15, 0.2) is 18.2 Å². The molecule has 0 radical (unpaired) electrons. The summed E-state index contributed by atoms with van der Waals surface area (Å²) in [5.74, 6) is -0.00726. The van der Waals surface area contributed by atoms with Gasteiger partial charge in [0.1, 0.15) is 0 Å². The second kappa shape index (κ2) is 5.30. The molecule has 3 heteroatoms. The zero-order valence-electron chi connectivity index (χ0n) is 10.1. The van der Waals surface area contributed by atoms with E-state index in [1.165, 1.54) is 11.1 Å². The van der Waals surface area contributed by atoms with Gasteiger partial charge >= 0.3 is 0 Å². The molecule has 1 amide bonds. The van der Waals surface area contributed by atoms with E-state index in [4.69, 9.17) is 0 Å². The van der Waals surface area contributed by atoms with E-state index in [0.29, 0.717) is 13.0 Å². The number of halogens is 1. The number of nitrogens with one attached hydrogen (secondary N) is 1. The number of carbonyl (C=O) groups excluding carboxylic acids is 1. The highest BCUT2D eigenvalue weighted by atomic mass is 19.1. The van der Waals surface area contributed by atoms with E-state index in [0.717, 1.165) is 18.4 Å². The van der Waals surface area contributed by atoms with E-state index in [1.807, 2.05) is 12.1 Å². The highest BCUT2D eigenvalue weighted by Gasteiger charge is 2.27. The molecule has 1 aliphatic heterocycles. The van der Waals surface area contributed by atoms with Crippen LogP contribution < -0.4 is 5.32 Å². The summed E-state index contributed by atoms with van der Waals surface area (Å²) in [5, 5.41) is 2.92. The lowest BCUT2D eigenvalue weighted by molar-refractivity contribution is -0.123. The average Bonchev–Trinajstić information content (AvgIpc) is 2.32. The van der Waals surface area contributed by atoms with Crippen LogP contribution in [0.2, 0.25) is 0 Å². The second-order valence-electron chi connectivity index (χ2n) is 4.60. The van der Waals surface area contributed by atoms with Gasteiger partial charge in [-0.3, -0.25) is 9.18 Å². The summed E-state index contributed by atoms with van der Waals surface area (Å²) >= 11 is 0. The van der Waals surface area contributed by atoms with Crippen LogP contribution in [0.3, 0.4) is 0 Å². The van der Waals surface area contributed by atoms with Gasteiger partial charge in [-0.25, -0.2) is 0 Å². The SMILES string of the molecule is Cc1cccc2c1CNC(=O)[C@@H]2CCCCF. The van der Waals surface area contributed by atoms with Crippen molar-refractivity contribution in [2.45, 2.75) is 38.6 Å². The standard InChI is InChI=1S/C14H18FNO/c1-10-5-4-7-11-12(6-2-3-8-15)14(17)16-9-13(10)11/h4-5,7,12H,2-3,6,8-9H2,1H3,(H,16,17)/t12-/m1/s1. The highest BCUT2D eigenvalue weighted by Crippen LogP contribution is 2.30. The smallest absolute Gasteiger partial charge is 0.227 e. The third-order valence-electron chi connectivity index (χ3n) is 3.45. The van der Waals surface area contributed by atoms with Gasteiger partial charge in [-0.1, -0.05) is 18.2 Å². The van der Waals surface area contributed by atoms with Crippen molar-refractivity contribution >= 4 is 5.91 Å². The van der Waals surface area contributed by atoms with Crippen LogP contribution in [0.25, 0.3) is 0 Å². The fourth-order valence-corrected chi connectivity index (χ4v) is 2.46. The monoisotopic (exact) mass is 235 g/mol. The minimum atomic E-state index is -0.297. The maximum Gasteiger partial charge on any atom is 0.227 e. The molecule has 1 N–H and O–H groups in total. The Hall–Kier alpha value is -1.38. The maximum absolute atomic E-state index is 12.1. The van der Waals surface area contributed by atoms with E-state index < -0.39 is 0 Å². The molecule has 0 bridgehead atoms. The summed E-state index contributed by atoms with van der Waals surface area (Å²) in [4.78, 5) is 11.9. The van der Waals surface area contributed by atoms with Crippen molar-refractivity contribution in [1.82, 2.24) is 5.32 Å². The Morgan fingerprint density at radius 1 is 1.41 bits per heavy atom. The van der Waals surface area contributed by atoms with Crippen LogP contribution in [0, 0.1) is 6.92 Å². The molecule has 92 valence electrons. The van der Waals surface area contributed by atoms with Crippen LogP contribution in [-0.4, -0.2) is 12.6 Å². The molecule has 0 fully saturated rings. The van der Waals surface area contributed by atoms with Gasteiger partial charge in [0.05, 0.1) is 12.6 Å². The molecular formula is C14H18FNO. The first-order chi connectivity index (χ1) is 8.24. The molecule has 0 saturated heterocycles. The average molecular weight is 235 g/mol. The first-order valence-corrected chi connectivity index (χ1v) is 6.16. The lowest BCUT2D eigenvalue weighted by atomic mass is 9.85. The van der Waals surface area contributed by atoms with Crippen LogP contribution in [-0.2, 0) is 11.3 Å². The van der Waals surface area contributed by atoms with E-state index in [-0.39, 0.29) is 18.5 Å². The maximum atomic E-state index is 12.1. The first kappa shape index (κ1) is 12.1. The molecule has 17 heavy (non-hydrogen) atoms. The number of amides is 1. The summed E-state index contributed by atoms with van der Waals surface area (Å²) in [6, 6.07) is 6.09. The summed E-state index contributed by atoms with van der Waals surface area (Å²) in [6.45, 7) is 2.39. The van der Waals surface area contributed by atoms with Crippen LogP contribution >= 0.6 is 0 Å². The van der Waals surface area contributed by atoms with Gasteiger partial charge in [-0.15, -0.1) is 0 Å². The van der Waals surface area contributed by atoms with Gasteiger partial charge in [0.25, 0.3) is 0 Å². The van der Waals surface area contributed by atoms with Crippen LogP contribution in [0.1, 0.15) is 41.9 Å². The van der Waals surface area contributed by atoms with Crippen molar-refractivity contribution in [2.24, 2.45) is 0 Å². The van der Waals surface area contributed by atoms with E-state index in [1.54, 1.807) is 0 Å². The number of hydrogen-bond donors (Lipinski definition) is 1. The van der Waals surface area contributed by atoms with Gasteiger partial charge in [-0.2, -0.15) is 0 Å². The Balaban J connectivity index is 2.21. The van der Waals surface area contributed by atoms with Crippen LogP contribution in [0.4, 0.5) is 4.39 Å². The molecule has 1 aromatic carbocycles. The summed E-state index contributed by atoms with van der Waals surface area (Å²) < 4.78 is 12.1. The third kappa shape index (κ3) is 2.48. The number of carbonyl (C=O) groups is 1. The molecule has 1 aromatic rings. The normalized spacial score (nSPS) is 18.7. The first-order valence-electron chi connectivity index (χ1n) is 6.16. The zero-order chi connectivity index (χ0) is 12.3. The fraction of sp³-hybridized carbons (Fsp3) is 0.500. The zero-order valence-corrected chi connectivity index (χ0v) is 10.1. The Morgan fingerprint density at radius 2 is 2.24 bits per heavy atom. The molecule has 0 aliphatic carbocycles. The molecule has 2 nitrogen and oxygen atoms in total. The van der Waals surface area contributed by atoms with Crippen molar-refractivity contribution < 1.29 is 9.18 Å². The number of aryl methyl sites for hydroxylation is 1. The molecular weight excluding hydrogens is 217 g/mol. The Kier molecular flexibility index (Phi) is 3.77. The van der Waals surface area contributed by atoms with Crippen molar-refractivity contribution in [1.29, 1.82) is 0 Å². The minimum absolute atomic E-state index is 0.0851. The fourth-order valence-electron chi connectivity index (χ4n) is 2.46. The van der Waals surface area contributed by atoms with Crippen molar-refractivity contribution in [3.63, 3.8) is 0 Å². The van der Waals surface area contributed by atoms with E-state index >= 15 is 0 Å². The molecule has 0 saturated carbocycles. The topological polar surface area (TPSA) is 29.1 Å². The summed E-state index contributed by atoms with van der Waals surface area (Å²) in [7, 11) is 0. The van der Waals surface area contributed by atoms with Crippen LogP contribution in [0.5, 0.6) is 0 Å².